The van der Waals surface area contributed by atoms with Gasteiger partial charge < -0.3 is 4.90 Å². The van der Waals surface area contributed by atoms with Crippen molar-refractivity contribution in [1.29, 1.82) is 5.26 Å². The maximum absolute atomic E-state index is 8.92. The standard InChI is InChI=1S/C20H20N6/c1-25-8-10-26(11-9-25)24-20-22-14-18-12-17(6-7-19(18)23-20)16-4-2-15(13-21)3-5-16/h2-7,12,14H,8-11H2,1H3,(H,22,23,24). The fourth-order valence-electron chi connectivity index (χ4n) is 3.06. The van der Waals surface area contributed by atoms with E-state index < -0.39 is 0 Å². The van der Waals surface area contributed by atoms with Crippen molar-refractivity contribution < 1.29 is 0 Å². The van der Waals surface area contributed by atoms with Crippen LogP contribution in [0, 0.1) is 11.3 Å². The van der Waals surface area contributed by atoms with Crippen LogP contribution in [0.1, 0.15) is 5.56 Å². The molecule has 1 N–H and O–H groups in total. The van der Waals surface area contributed by atoms with Gasteiger partial charge in [0.1, 0.15) is 0 Å². The average Bonchev–Trinajstić information content (AvgIpc) is 2.69. The van der Waals surface area contributed by atoms with E-state index in [4.69, 9.17) is 5.26 Å². The van der Waals surface area contributed by atoms with Gasteiger partial charge in [-0.3, -0.25) is 5.43 Å². The fraction of sp³-hybridized carbons (Fsp3) is 0.250. The molecule has 4 rings (SSSR count). The van der Waals surface area contributed by atoms with Crippen LogP contribution in [0.4, 0.5) is 5.95 Å². The quantitative estimate of drug-likeness (QED) is 0.788. The number of nitrogens with zero attached hydrogens (tertiary/aromatic N) is 5. The highest BCUT2D eigenvalue weighted by Crippen LogP contribution is 2.24. The Labute approximate surface area is 152 Å². The Balaban J connectivity index is 1.55. The smallest absolute Gasteiger partial charge is 0.238 e. The Morgan fingerprint density at radius 2 is 1.73 bits per heavy atom. The van der Waals surface area contributed by atoms with Crippen molar-refractivity contribution in [3.05, 3.63) is 54.2 Å². The predicted octanol–water partition coefficient (Wildman–Crippen LogP) is 2.74. The summed E-state index contributed by atoms with van der Waals surface area (Å²) in [5, 5.41) is 12.1. The molecule has 1 saturated heterocycles. The Kier molecular flexibility index (Phi) is 4.48. The largest absolute Gasteiger partial charge is 0.304 e. The van der Waals surface area contributed by atoms with Gasteiger partial charge in [0.2, 0.25) is 5.95 Å². The van der Waals surface area contributed by atoms with E-state index in [0.717, 1.165) is 48.2 Å². The van der Waals surface area contributed by atoms with Crippen LogP contribution in [-0.2, 0) is 0 Å². The van der Waals surface area contributed by atoms with Gasteiger partial charge in [0.05, 0.1) is 17.1 Å². The van der Waals surface area contributed by atoms with Crippen molar-refractivity contribution in [1.82, 2.24) is 19.9 Å². The molecule has 2 heterocycles. The summed E-state index contributed by atoms with van der Waals surface area (Å²) in [5.41, 5.74) is 7.04. The molecule has 1 aliphatic heterocycles. The summed E-state index contributed by atoms with van der Waals surface area (Å²) in [6.07, 6.45) is 1.86. The number of fused-ring (bicyclic) bond motifs is 1. The molecule has 0 atom stereocenters. The third-order valence-electron chi connectivity index (χ3n) is 4.69. The first kappa shape index (κ1) is 16.5. The maximum atomic E-state index is 8.92. The van der Waals surface area contributed by atoms with Gasteiger partial charge in [0.15, 0.2) is 0 Å². The summed E-state index contributed by atoms with van der Waals surface area (Å²) in [6, 6.07) is 15.9. The van der Waals surface area contributed by atoms with E-state index in [2.05, 4.69) is 50.6 Å². The normalized spacial score (nSPS) is 15.7. The molecule has 6 heteroatoms. The molecule has 0 amide bonds. The molecule has 2 aromatic carbocycles. The summed E-state index contributed by atoms with van der Waals surface area (Å²) in [5.74, 6) is 0.633. The van der Waals surface area contributed by atoms with Gasteiger partial charge in [-0.1, -0.05) is 18.2 Å². The van der Waals surface area contributed by atoms with Crippen LogP contribution in [0.25, 0.3) is 22.0 Å². The number of likely N-dealkylation sites (N-methyl/N-ethyl adjacent to an activating group) is 1. The maximum Gasteiger partial charge on any atom is 0.238 e. The monoisotopic (exact) mass is 344 g/mol. The SMILES string of the molecule is CN1CCN(Nc2ncc3cc(-c4ccc(C#N)cc4)ccc3n2)CC1. The number of benzene rings is 2. The van der Waals surface area contributed by atoms with Crippen molar-refractivity contribution in [3.8, 4) is 17.2 Å². The van der Waals surface area contributed by atoms with Crippen LogP contribution in [0.3, 0.4) is 0 Å². The topological polar surface area (TPSA) is 68.1 Å². The second-order valence-electron chi connectivity index (χ2n) is 6.56. The average molecular weight is 344 g/mol. The molecule has 1 fully saturated rings. The van der Waals surface area contributed by atoms with Crippen molar-refractivity contribution in [2.75, 3.05) is 38.7 Å². The van der Waals surface area contributed by atoms with Gasteiger partial charge in [-0.25, -0.2) is 15.0 Å². The zero-order chi connectivity index (χ0) is 17.9. The first-order chi connectivity index (χ1) is 12.7. The minimum Gasteiger partial charge on any atom is -0.304 e. The lowest BCUT2D eigenvalue weighted by Gasteiger charge is -2.32. The van der Waals surface area contributed by atoms with E-state index in [1.807, 2.05) is 36.5 Å². The van der Waals surface area contributed by atoms with Gasteiger partial charge in [-0.05, 0) is 42.4 Å². The third kappa shape index (κ3) is 3.49. The van der Waals surface area contributed by atoms with Gasteiger partial charge in [0, 0.05) is 37.8 Å². The molecule has 0 aliphatic carbocycles. The van der Waals surface area contributed by atoms with Crippen LogP contribution in [0.5, 0.6) is 0 Å². The first-order valence-corrected chi connectivity index (χ1v) is 8.69. The zero-order valence-corrected chi connectivity index (χ0v) is 14.7. The van der Waals surface area contributed by atoms with E-state index in [1.165, 1.54) is 0 Å². The van der Waals surface area contributed by atoms with Crippen molar-refractivity contribution in [2.45, 2.75) is 0 Å². The lowest BCUT2D eigenvalue weighted by atomic mass is 10.0. The number of hydrogen-bond acceptors (Lipinski definition) is 6. The summed E-state index contributed by atoms with van der Waals surface area (Å²) in [6.45, 7) is 3.98. The molecule has 130 valence electrons. The number of piperazine rings is 1. The number of rotatable bonds is 3. The number of hydrazine groups is 1. The molecule has 1 aromatic heterocycles. The number of hydrogen-bond donors (Lipinski definition) is 1. The minimum atomic E-state index is 0.633. The van der Waals surface area contributed by atoms with E-state index in [-0.39, 0.29) is 0 Å². The van der Waals surface area contributed by atoms with Crippen molar-refractivity contribution in [2.24, 2.45) is 0 Å². The van der Waals surface area contributed by atoms with E-state index in [9.17, 15) is 0 Å². The Bertz CT molecular complexity index is 952. The Morgan fingerprint density at radius 1 is 1.00 bits per heavy atom. The molecule has 0 saturated carbocycles. The van der Waals surface area contributed by atoms with Gasteiger partial charge in [-0.15, -0.1) is 0 Å². The molecule has 26 heavy (non-hydrogen) atoms. The molecule has 0 unspecified atom stereocenters. The highest BCUT2D eigenvalue weighted by Gasteiger charge is 2.14. The van der Waals surface area contributed by atoms with Gasteiger partial charge in [-0.2, -0.15) is 5.26 Å². The summed E-state index contributed by atoms with van der Waals surface area (Å²) < 4.78 is 0. The zero-order valence-electron chi connectivity index (χ0n) is 14.7. The van der Waals surface area contributed by atoms with Gasteiger partial charge >= 0.3 is 0 Å². The Hall–Kier alpha value is -3.01. The van der Waals surface area contributed by atoms with Crippen LogP contribution < -0.4 is 5.43 Å². The summed E-state index contributed by atoms with van der Waals surface area (Å²) in [7, 11) is 2.13. The molecule has 1 aliphatic rings. The fourth-order valence-corrected chi connectivity index (χ4v) is 3.06. The molecule has 0 radical (unpaired) electrons. The van der Waals surface area contributed by atoms with Crippen molar-refractivity contribution >= 4 is 16.9 Å². The highest BCUT2D eigenvalue weighted by atomic mass is 15.5. The first-order valence-electron chi connectivity index (χ1n) is 8.69. The highest BCUT2D eigenvalue weighted by molar-refractivity contribution is 5.84. The minimum absolute atomic E-state index is 0.633. The third-order valence-corrected chi connectivity index (χ3v) is 4.69. The molecule has 0 spiro atoms. The van der Waals surface area contributed by atoms with Crippen LogP contribution in [-0.4, -0.2) is 53.1 Å². The lowest BCUT2D eigenvalue weighted by Crippen LogP contribution is -2.47. The van der Waals surface area contributed by atoms with E-state index in [0.29, 0.717) is 11.5 Å². The van der Waals surface area contributed by atoms with Crippen molar-refractivity contribution in [3.63, 3.8) is 0 Å². The molecule has 6 nitrogen and oxygen atoms in total. The number of aromatic nitrogens is 2. The number of anilines is 1. The lowest BCUT2D eigenvalue weighted by molar-refractivity contribution is 0.178. The second-order valence-corrected chi connectivity index (χ2v) is 6.56. The Morgan fingerprint density at radius 3 is 2.46 bits per heavy atom. The van der Waals surface area contributed by atoms with Crippen LogP contribution in [0.2, 0.25) is 0 Å². The summed E-state index contributed by atoms with van der Waals surface area (Å²) >= 11 is 0. The van der Waals surface area contributed by atoms with Crippen LogP contribution >= 0.6 is 0 Å². The van der Waals surface area contributed by atoms with Gasteiger partial charge in [0.25, 0.3) is 0 Å². The van der Waals surface area contributed by atoms with E-state index >= 15 is 0 Å². The van der Waals surface area contributed by atoms with Crippen LogP contribution in [0.15, 0.2) is 48.7 Å². The molecular formula is C20H20N6. The number of nitrogens with one attached hydrogen (secondary N) is 1. The molecular weight excluding hydrogens is 324 g/mol. The summed E-state index contributed by atoms with van der Waals surface area (Å²) in [4.78, 5) is 11.4. The molecule has 0 bridgehead atoms. The molecule has 3 aromatic rings. The second kappa shape index (κ2) is 7.08. The number of nitriles is 1. The van der Waals surface area contributed by atoms with E-state index in [1.54, 1.807) is 0 Å². The predicted molar refractivity (Wildman–Crippen MR) is 102 cm³/mol.